The molecule has 0 amide bonds. The van der Waals surface area contributed by atoms with Gasteiger partial charge >= 0.3 is 5.97 Å². The summed E-state index contributed by atoms with van der Waals surface area (Å²) in [7, 11) is 1.33. The molecule has 0 aliphatic heterocycles. The molecule has 0 aliphatic rings. The molecule has 2 N–H and O–H groups in total. The number of anilines is 1. The maximum atomic E-state index is 11.5. The number of hydrogen-bond donors (Lipinski definition) is 2. The Bertz CT molecular complexity index is 677. The smallest absolute Gasteiger partial charge is 0.337 e. The van der Waals surface area contributed by atoms with E-state index in [0.717, 1.165) is 5.56 Å². The zero-order valence-corrected chi connectivity index (χ0v) is 13.5. The lowest BCUT2D eigenvalue weighted by molar-refractivity contribution is 0.0601. The second-order valence-electron chi connectivity index (χ2n) is 4.48. The van der Waals surface area contributed by atoms with Crippen LogP contribution < -0.4 is 10.6 Å². The van der Waals surface area contributed by atoms with E-state index in [4.69, 9.17) is 23.8 Å². The first-order valence-corrected chi connectivity index (χ1v) is 7.35. The summed E-state index contributed by atoms with van der Waals surface area (Å²) in [5.74, 6) is -0.428. The van der Waals surface area contributed by atoms with Crippen LogP contribution in [-0.2, 0) is 11.3 Å². The van der Waals surface area contributed by atoms with E-state index >= 15 is 0 Å². The van der Waals surface area contributed by atoms with Crippen LogP contribution in [0.5, 0.6) is 0 Å². The molecule has 0 unspecified atom stereocenters. The third-order valence-corrected chi connectivity index (χ3v) is 3.51. The van der Waals surface area contributed by atoms with Gasteiger partial charge in [-0.15, -0.1) is 0 Å². The first-order valence-electron chi connectivity index (χ1n) is 6.57. The van der Waals surface area contributed by atoms with Crippen molar-refractivity contribution in [1.82, 2.24) is 5.32 Å². The Morgan fingerprint density at radius 1 is 1.23 bits per heavy atom. The number of carbonyl (C=O) groups is 1. The fourth-order valence-electron chi connectivity index (χ4n) is 1.81. The number of methoxy groups -OCH3 is 1. The second kappa shape index (κ2) is 7.77. The summed E-state index contributed by atoms with van der Waals surface area (Å²) in [6.45, 7) is 0.598. The molecule has 0 saturated carbocycles. The number of halogens is 1. The molecule has 2 rings (SSSR count). The van der Waals surface area contributed by atoms with Crippen LogP contribution in [0.4, 0.5) is 5.69 Å². The van der Waals surface area contributed by atoms with E-state index in [2.05, 4.69) is 15.4 Å². The fourth-order valence-corrected chi connectivity index (χ4v) is 2.16. The standard InChI is InChI=1S/C16H15ClN2O2S/c1-21-15(20)12-7-8-13(17)14(9-12)19-16(22)18-10-11-5-3-2-4-6-11/h2-9H,10H2,1H3,(H2,18,19,22). The largest absolute Gasteiger partial charge is 0.465 e. The zero-order chi connectivity index (χ0) is 15.9. The monoisotopic (exact) mass is 334 g/mol. The van der Waals surface area contributed by atoms with Crippen molar-refractivity contribution in [3.63, 3.8) is 0 Å². The number of hydrogen-bond acceptors (Lipinski definition) is 3. The number of nitrogens with one attached hydrogen (secondary N) is 2. The van der Waals surface area contributed by atoms with Crippen LogP contribution in [0.3, 0.4) is 0 Å². The average molecular weight is 335 g/mol. The topological polar surface area (TPSA) is 50.4 Å². The molecule has 0 bridgehead atoms. The summed E-state index contributed by atoms with van der Waals surface area (Å²) < 4.78 is 4.68. The lowest BCUT2D eigenvalue weighted by Crippen LogP contribution is -2.28. The Balaban J connectivity index is 2.00. The first-order chi connectivity index (χ1) is 10.6. The summed E-state index contributed by atoms with van der Waals surface area (Å²) in [6.07, 6.45) is 0. The highest BCUT2D eigenvalue weighted by Crippen LogP contribution is 2.23. The van der Waals surface area contributed by atoms with Crippen molar-refractivity contribution in [2.24, 2.45) is 0 Å². The lowest BCUT2D eigenvalue weighted by atomic mass is 10.2. The van der Waals surface area contributed by atoms with E-state index in [1.807, 2.05) is 30.3 Å². The lowest BCUT2D eigenvalue weighted by Gasteiger charge is -2.12. The van der Waals surface area contributed by atoms with Crippen molar-refractivity contribution in [2.75, 3.05) is 12.4 Å². The van der Waals surface area contributed by atoms with Gasteiger partial charge in [0.2, 0.25) is 0 Å². The summed E-state index contributed by atoms with van der Waals surface area (Å²) in [5, 5.41) is 6.96. The normalized spacial score (nSPS) is 9.91. The maximum Gasteiger partial charge on any atom is 0.337 e. The van der Waals surface area contributed by atoms with Crippen molar-refractivity contribution in [3.05, 3.63) is 64.7 Å². The summed E-state index contributed by atoms with van der Waals surface area (Å²) in [4.78, 5) is 11.5. The Morgan fingerprint density at radius 3 is 2.64 bits per heavy atom. The van der Waals surface area contributed by atoms with Crippen LogP contribution in [0.2, 0.25) is 5.02 Å². The van der Waals surface area contributed by atoms with Gasteiger partial charge in [-0.25, -0.2) is 4.79 Å². The highest BCUT2D eigenvalue weighted by atomic mass is 35.5. The molecule has 0 fully saturated rings. The van der Waals surface area contributed by atoms with E-state index < -0.39 is 5.97 Å². The van der Waals surface area contributed by atoms with Gasteiger partial charge < -0.3 is 15.4 Å². The van der Waals surface area contributed by atoms with Gasteiger partial charge in [-0.1, -0.05) is 41.9 Å². The average Bonchev–Trinajstić information content (AvgIpc) is 2.55. The highest BCUT2D eigenvalue weighted by Gasteiger charge is 2.09. The first kappa shape index (κ1) is 16.3. The molecule has 114 valence electrons. The molecule has 0 aliphatic carbocycles. The van der Waals surface area contributed by atoms with Crippen LogP contribution in [0, 0.1) is 0 Å². The molecule has 22 heavy (non-hydrogen) atoms. The Morgan fingerprint density at radius 2 is 1.95 bits per heavy atom. The predicted octanol–water partition coefficient (Wildman–Crippen LogP) is 3.61. The zero-order valence-electron chi connectivity index (χ0n) is 11.9. The van der Waals surface area contributed by atoms with Gasteiger partial charge in [-0.3, -0.25) is 0 Å². The van der Waals surface area contributed by atoms with E-state index in [0.29, 0.717) is 27.9 Å². The van der Waals surface area contributed by atoms with Gasteiger partial charge in [-0.2, -0.15) is 0 Å². The maximum absolute atomic E-state index is 11.5. The molecule has 0 saturated heterocycles. The summed E-state index contributed by atoms with van der Waals surface area (Å²) >= 11 is 11.3. The van der Waals surface area contributed by atoms with Gasteiger partial charge in [0.25, 0.3) is 0 Å². The predicted molar refractivity (Wildman–Crippen MR) is 92.3 cm³/mol. The van der Waals surface area contributed by atoms with Gasteiger partial charge in [0, 0.05) is 6.54 Å². The fraction of sp³-hybridized carbons (Fsp3) is 0.125. The van der Waals surface area contributed by atoms with Crippen LogP contribution >= 0.6 is 23.8 Å². The number of ether oxygens (including phenoxy) is 1. The second-order valence-corrected chi connectivity index (χ2v) is 5.29. The Hall–Kier alpha value is -2.11. The quantitative estimate of drug-likeness (QED) is 0.660. The minimum absolute atomic E-state index is 0.403. The molecule has 0 atom stereocenters. The van der Waals surface area contributed by atoms with Crippen LogP contribution in [0.25, 0.3) is 0 Å². The van der Waals surface area contributed by atoms with E-state index in [9.17, 15) is 4.79 Å². The number of rotatable bonds is 4. The molecule has 0 aromatic heterocycles. The van der Waals surface area contributed by atoms with Gasteiger partial charge in [0.15, 0.2) is 5.11 Å². The van der Waals surface area contributed by atoms with Crippen LogP contribution in [-0.4, -0.2) is 18.2 Å². The molecule has 0 heterocycles. The van der Waals surface area contributed by atoms with Gasteiger partial charge in [0.1, 0.15) is 0 Å². The summed E-state index contributed by atoms with van der Waals surface area (Å²) in [5.41, 5.74) is 2.07. The Labute approximate surface area is 139 Å². The van der Waals surface area contributed by atoms with E-state index in [1.165, 1.54) is 7.11 Å². The number of carbonyl (C=O) groups excluding carboxylic acids is 1. The van der Waals surface area contributed by atoms with Crippen molar-refractivity contribution in [1.29, 1.82) is 0 Å². The molecule has 0 spiro atoms. The van der Waals surface area contributed by atoms with Crippen molar-refractivity contribution < 1.29 is 9.53 Å². The molecule has 4 nitrogen and oxygen atoms in total. The SMILES string of the molecule is COC(=O)c1ccc(Cl)c(NC(=S)NCc2ccccc2)c1. The molecule has 0 radical (unpaired) electrons. The van der Waals surface area contributed by atoms with Gasteiger partial charge in [-0.05, 0) is 36.0 Å². The highest BCUT2D eigenvalue weighted by molar-refractivity contribution is 7.80. The summed E-state index contributed by atoms with van der Waals surface area (Å²) in [6, 6.07) is 14.7. The van der Waals surface area contributed by atoms with Crippen LogP contribution in [0.1, 0.15) is 15.9 Å². The molecule has 6 heteroatoms. The van der Waals surface area contributed by atoms with E-state index in [-0.39, 0.29) is 0 Å². The molecular formula is C16H15ClN2O2S. The van der Waals surface area contributed by atoms with E-state index in [1.54, 1.807) is 18.2 Å². The number of benzene rings is 2. The van der Waals surface area contributed by atoms with Crippen LogP contribution in [0.15, 0.2) is 48.5 Å². The molecule has 2 aromatic rings. The van der Waals surface area contributed by atoms with Crippen molar-refractivity contribution >= 4 is 40.6 Å². The van der Waals surface area contributed by atoms with Gasteiger partial charge in [0.05, 0.1) is 23.4 Å². The number of esters is 1. The van der Waals surface area contributed by atoms with Crippen molar-refractivity contribution in [3.8, 4) is 0 Å². The third-order valence-electron chi connectivity index (χ3n) is 2.93. The minimum Gasteiger partial charge on any atom is -0.465 e. The van der Waals surface area contributed by atoms with Crippen molar-refractivity contribution in [2.45, 2.75) is 6.54 Å². The Kier molecular flexibility index (Phi) is 5.75. The third kappa shape index (κ3) is 4.44. The molecular weight excluding hydrogens is 320 g/mol. The number of thiocarbonyl (C=S) groups is 1. The molecule has 2 aromatic carbocycles. The minimum atomic E-state index is -0.428.